The molecule has 2 aromatic carbocycles. The topological polar surface area (TPSA) is 129 Å². The SMILES string of the molecule is CC[C@H](C)[C@H](CO)N1C(=O)[C@H]2[C@@H]3C(=O)O[C@H](c4ccccc4)[C@@H](C)NC(=O)CC/C=C\CN(c4ccc(N(CC)CC)cc4)C(=O)[C@H]1[C@@]21C=C(Br)[C@@H]3O1. The number of rotatable bonds is 9. The number of halogens is 1. The van der Waals surface area contributed by atoms with Crippen molar-refractivity contribution in [2.45, 2.75) is 89.8 Å². The fourth-order valence-corrected chi connectivity index (χ4v) is 9.23. The third kappa shape index (κ3) is 7.05. The number of nitrogens with zero attached hydrogens (tertiary/aromatic N) is 3. The van der Waals surface area contributed by atoms with Crippen LogP contribution < -0.4 is 15.1 Å². The van der Waals surface area contributed by atoms with Crippen LogP contribution in [0.5, 0.6) is 0 Å². The molecule has 12 heteroatoms. The molecular formula is C41H51BrN4O7. The monoisotopic (exact) mass is 790 g/mol. The van der Waals surface area contributed by atoms with Crippen molar-refractivity contribution >= 4 is 51.0 Å². The molecule has 3 amide bonds. The predicted molar refractivity (Wildman–Crippen MR) is 206 cm³/mol. The Morgan fingerprint density at radius 3 is 2.32 bits per heavy atom. The summed E-state index contributed by atoms with van der Waals surface area (Å²) >= 11 is 3.64. The number of nitrogens with one attached hydrogen (secondary N) is 1. The standard InChI is InChI=1S/C41H51BrN4O7/c1-6-25(4)31(24-47)46-37-39(50)45(29-20-18-28(19-21-29)44(7-2)8-3)22-14-10-13-17-32(48)43-26(5)35(27-15-11-9-12-16-27)52-40(51)33-34(38(46)49)41(37)23-30(42)36(33)53-41/h9-12,14-16,18-21,23,25-26,31,33-37,47H,6-8,13,17,22,24H2,1-5H3,(H,43,48)/b14-10-/t25-,26+,31-,33-,34+,35-,36-,37-,41+/m0/s1. The van der Waals surface area contributed by atoms with E-state index in [4.69, 9.17) is 9.47 Å². The van der Waals surface area contributed by atoms with Gasteiger partial charge < -0.3 is 34.6 Å². The van der Waals surface area contributed by atoms with E-state index in [0.717, 1.165) is 18.8 Å². The number of ether oxygens (including phenoxy) is 2. The first-order chi connectivity index (χ1) is 25.5. The van der Waals surface area contributed by atoms with Gasteiger partial charge >= 0.3 is 5.97 Å². The Labute approximate surface area is 320 Å². The Balaban J connectivity index is 1.49. The van der Waals surface area contributed by atoms with Gasteiger partial charge in [-0.05, 0) is 69.0 Å². The van der Waals surface area contributed by atoms with Gasteiger partial charge in [-0.25, -0.2) is 0 Å². The number of amides is 3. The molecule has 2 saturated heterocycles. The molecule has 5 bridgehead atoms. The average molecular weight is 792 g/mol. The maximum absolute atomic E-state index is 15.4. The lowest BCUT2D eigenvalue weighted by Gasteiger charge is -2.40. The maximum atomic E-state index is 15.4. The number of likely N-dealkylation sites (tertiary alicyclic amines) is 1. The van der Waals surface area contributed by atoms with Crippen molar-refractivity contribution in [1.82, 2.24) is 10.2 Å². The molecule has 0 saturated carbocycles. The van der Waals surface area contributed by atoms with Crippen molar-refractivity contribution in [2.75, 3.05) is 36.0 Å². The van der Waals surface area contributed by atoms with E-state index < -0.39 is 65.6 Å². The van der Waals surface area contributed by atoms with E-state index in [-0.39, 0.29) is 31.4 Å². The quantitative estimate of drug-likeness (QED) is 0.260. The molecule has 4 aliphatic rings. The van der Waals surface area contributed by atoms with Crippen molar-refractivity contribution in [3.63, 3.8) is 0 Å². The van der Waals surface area contributed by atoms with Crippen molar-refractivity contribution in [3.05, 3.63) is 82.9 Å². The van der Waals surface area contributed by atoms with Crippen LogP contribution in [0.2, 0.25) is 0 Å². The fourth-order valence-electron chi connectivity index (χ4n) is 8.50. The number of fused-ring (bicyclic) bond motifs is 2. The van der Waals surface area contributed by atoms with Crippen LogP contribution in [0, 0.1) is 17.8 Å². The van der Waals surface area contributed by atoms with Crippen LogP contribution in [-0.4, -0.2) is 89.8 Å². The Bertz CT molecular complexity index is 1730. The van der Waals surface area contributed by atoms with E-state index in [0.29, 0.717) is 28.6 Å². The number of aliphatic hydroxyl groups is 1. The third-order valence-corrected chi connectivity index (χ3v) is 12.2. The minimum absolute atomic E-state index is 0.156. The normalized spacial score (nSPS) is 30.7. The lowest BCUT2D eigenvalue weighted by atomic mass is 9.74. The molecule has 2 fully saturated rings. The Hall–Kier alpha value is -4.00. The summed E-state index contributed by atoms with van der Waals surface area (Å²) in [5.74, 6) is -4.06. The van der Waals surface area contributed by atoms with Crippen LogP contribution in [0.15, 0.2) is 77.3 Å². The summed E-state index contributed by atoms with van der Waals surface area (Å²) in [6.45, 7) is 11.3. The molecule has 11 nitrogen and oxygen atoms in total. The molecule has 0 aliphatic carbocycles. The zero-order valence-electron chi connectivity index (χ0n) is 31.1. The summed E-state index contributed by atoms with van der Waals surface area (Å²) in [5, 5.41) is 13.9. The molecule has 53 heavy (non-hydrogen) atoms. The molecule has 4 heterocycles. The summed E-state index contributed by atoms with van der Waals surface area (Å²) in [6.07, 6.45) is 5.04. The number of cyclic esters (lactones) is 1. The molecule has 6 rings (SSSR count). The van der Waals surface area contributed by atoms with Crippen molar-refractivity contribution in [1.29, 1.82) is 0 Å². The average Bonchev–Trinajstić information content (AvgIpc) is 3.76. The van der Waals surface area contributed by atoms with Crippen LogP contribution in [0.1, 0.15) is 65.5 Å². The van der Waals surface area contributed by atoms with Gasteiger partial charge in [0.05, 0.1) is 24.6 Å². The Kier molecular flexibility index (Phi) is 11.8. The van der Waals surface area contributed by atoms with Gasteiger partial charge in [-0.3, -0.25) is 19.2 Å². The number of allylic oxidation sites excluding steroid dienone is 1. The summed E-state index contributed by atoms with van der Waals surface area (Å²) in [6, 6.07) is 14.4. The molecule has 1 spiro atoms. The molecular weight excluding hydrogens is 740 g/mol. The summed E-state index contributed by atoms with van der Waals surface area (Å²) < 4.78 is 13.6. The van der Waals surface area contributed by atoms with Crippen LogP contribution >= 0.6 is 15.9 Å². The maximum Gasteiger partial charge on any atom is 0.313 e. The van der Waals surface area contributed by atoms with Gasteiger partial charge in [0.1, 0.15) is 29.8 Å². The number of esters is 1. The highest BCUT2D eigenvalue weighted by Gasteiger charge is 2.75. The molecule has 284 valence electrons. The first-order valence-corrected chi connectivity index (χ1v) is 19.7. The number of benzene rings is 2. The van der Waals surface area contributed by atoms with Crippen LogP contribution in [0.3, 0.4) is 0 Å². The highest BCUT2D eigenvalue weighted by Crippen LogP contribution is 2.59. The van der Waals surface area contributed by atoms with E-state index in [1.165, 1.54) is 4.90 Å². The molecule has 0 unspecified atom stereocenters. The minimum atomic E-state index is -1.51. The highest BCUT2D eigenvalue weighted by molar-refractivity contribution is 9.11. The van der Waals surface area contributed by atoms with E-state index in [9.17, 15) is 19.5 Å². The second-order valence-corrected chi connectivity index (χ2v) is 15.4. The predicted octanol–water partition coefficient (Wildman–Crippen LogP) is 5.29. The van der Waals surface area contributed by atoms with E-state index >= 15 is 4.79 Å². The largest absolute Gasteiger partial charge is 0.455 e. The number of carbonyl (C=O) groups is 4. The number of carbonyl (C=O) groups excluding carboxylic acids is 4. The van der Waals surface area contributed by atoms with Crippen molar-refractivity contribution in [2.24, 2.45) is 17.8 Å². The van der Waals surface area contributed by atoms with Crippen molar-refractivity contribution in [3.8, 4) is 0 Å². The van der Waals surface area contributed by atoms with Gasteiger partial charge in [0.25, 0.3) is 5.91 Å². The zero-order valence-corrected chi connectivity index (χ0v) is 32.7. The van der Waals surface area contributed by atoms with E-state index in [1.54, 1.807) is 17.9 Å². The zero-order chi connectivity index (χ0) is 38.0. The molecule has 2 aromatic rings. The molecule has 9 atom stereocenters. The Morgan fingerprint density at radius 2 is 1.68 bits per heavy atom. The van der Waals surface area contributed by atoms with Gasteiger partial charge in [0, 0.05) is 41.9 Å². The summed E-state index contributed by atoms with van der Waals surface area (Å²) in [7, 11) is 0. The first-order valence-electron chi connectivity index (χ1n) is 18.9. The summed E-state index contributed by atoms with van der Waals surface area (Å²) in [5.41, 5.74) is 0.808. The van der Waals surface area contributed by atoms with Crippen LogP contribution in [0.25, 0.3) is 0 Å². The van der Waals surface area contributed by atoms with Crippen LogP contribution in [-0.2, 0) is 28.7 Å². The fraction of sp³-hybridized carbons (Fsp3) is 0.512. The molecule has 0 aromatic heterocycles. The number of anilines is 2. The Morgan fingerprint density at radius 1 is 0.981 bits per heavy atom. The highest BCUT2D eigenvalue weighted by atomic mass is 79.9. The number of hydrogen-bond acceptors (Lipinski definition) is 8. The molecule has 0 radical (unpaired) electrons. The molecule has 2 N–H and O–H groups in total. The van der Waals surface area contributed by atoms with Gasteiger partial charge in [-0.15, -0.1) is 0 Å². The second-order valence-electron chi connectivity index (χ2n) is 14.5. The molecule has 4 aliphatic heterocycles. The second kappa shape index (κ2) is 16.2. The number of hydrogen-bond donors (Lipinski definition) is 2. The minimum Gasteiger partial charge on any atom is -0.455 e. The van der Waals surface area contributed by atoms with Gasteiger partial charge in [-0.2, -0.15) is 0 Å². The first kappa shape index (κ1) is 38.7. The van der Waals surface area contributed by atoms with E-state index in [1.807, 2.05) is 80.6 Å². The number of aliphatic hydroxyl groups excluding tert-OH is 1. The summed E-state index contributed by atoms with van der Waals surface area (Å²) in [4.78, 5) is 63.4. The van der Waals surface area contributed by atoms with E-state index in [2.05, 4.69) is 40.0 Å². The van der Waals surface area contributed by atoms with Gasteiger partial charge in [0.15, 0.2) is 0 Å². The lowest BCUT2D eigenvalue weighted by Crippen LogP contribution is -2.59. The van der Waals surface area contributed by atoms with Crippen molar-refractivity contribution < 1.29 is 33.8 Å². The van der Waals surface area contributed by atoms with Gasteiger partial charge in [0.2, 0.25) is 11.8 Å². The smallest absolute Gasteiger partial charge is 0.313 e. The van der Waals surface area contributed by atoms with Crippen LogP contribution in [0.4, 0.5) is 11.4 Å². The third-order valence-electron chi connectivity index (χ3n) is 11.5. The van der Waals surface area contributed by atoms with Gasteiger partial charge in [-0.1, -0.05) is 78.7 Å². The lowest BCUT2D eigenvalue weighted by molar-refractivity contribution is -0.162.